The first-order valence-electron chi connectivity index (χ1n) is 8.68. The van der Waals surface area contributed by atoms with Gasteiger partial charge in [-0.3, -0.25) is 0 Å². The highest BCUT2D eigenvalue weighted by atomic mass is 16.5. The predicted octanol–water partition coefficient (Wildman–Crippen LogP) is 4.03. The minimum Gasteiger partial charge on any atom is -0.445 e. The number of unbranched alkanes of at least 4 members (excludes halogenated alkanes) is 1. The zero-order chi connectivity index (χ0) is 17.0. The van der Waals surface area contributed by atoms with Crippen LogP contribution >= 0.6 is 0 Å². The van der Waals surface area contributed by atoms with Gasteiger partial charge in [0, 0.05) is 24.3 Å². The average molecular weight is 318 g/mol. The molecule has 2 rings (SSSR count). The van der Waals surface area contributed by atoms with E-state index in [-0.39, 0.29) is 6.61 Å². The smallest absolute Gasteiger partial charge is 0.404 e. The van der Waals surface area contributed by atoms with Crippen molar-refractivity contribution < 1.29 is 9.53 Å². The zero-order valence-electron chi connectivity index (χ0n) is 14.9. The molecule has 0 heterocycles. The summed E-state index contributed by atoms with van der Waals surface area (Å²) in [6.07, 6.45) is 3.80. The third-order valence-corrected chi connectivity index (χ3v) is 4.61. The van der Waals surface area contributed by atoms with Crippen molar-refractivity contribution in [3.63, 3.8) is 0 Å². The van der Waals surface area contributed by atoms with E-state index in [4.69, 9.17) is 10.5 Å². The quantitative estimate of drug-likeness (QED) is 0.825. The highest BCUT2D eigenvalue weighted by molar-refractivity contribution is 5.65. The van der Waals surface area contributed by atoms with Gasteiger partial charge < -0.3 is 15.4 Å². The van der Waals surface area contributed by atoms with Crippen LogP contribution in [0.5, 0.6) is 0 Å². The minimum atomic E-state index is -0.714. The molecule has 1 aromatic rings. The second-order valence-electron chi connectivity index (χ2n) is 7.31. The van der Waals surface area contributed by atoms with Crippen LogP contribution in [0.15, 0.2) is 12.1 Å². The van der Waals surface area contributed by atoms with Crippen molar-refractivity contribution in [3.8, 4) is 0 Å². The third kappa shape index (κ3) is 4.40. The number of ether oxygens (including phenoxy) is 1. The molecular formula is C19H30N2O2. The lowest BCUT2D eigenvalue weighted by atomic mass is 9.90. The average Bonchev–Trinajstić information content (AvgIpc) is 2.78. The molecule has 0 aromatic heterocycles. The van der Waals surface area contributed by atoms with Gasteiger partial charge in [0.1, 0.15) is 6.61 Å². The number of hydrogen-bond donors (Lipinski definition) is 1. The van der Waals surface area contributed by atoms with Crippen molar-refractivity contribution in [2.45, 2.75) is 60.0 Å². The number of hydrogen-bond acceptors (Lipinski definition) is 3. The molecule has 0 bridgehead atoms. The normalized spacial score (nSPS) is 15.3. The van der Waals surface area contributed by atoms with Crippen LogP contribution in [0, 0.1) is 5.41 Å². The Hall–Kier alpha value is -1.71. The molecule has 2 N–H and O–H groups in total. The van der Waals surface area contributed by atoms with E-state index in [1.807, 2.05) is 0 Å². The Morgan fingerprint density at radius 3 is 2.48 bits per heavy atom. The molecule has 0 atom stereocenters. The van der Waals surface area contributed by atoms with E-state index in [1.165, 1.54) is 23.2 Å². The number of rotatable bonds is 7. The van der Waals surface area contributed by atoms with Gasteiger partial charge in [0.15, 0.2) is 0 Å². The Kier molecular flexibility index (Phi) is 5.55. The number of anilines is 1. The van der Waals surface area contributed by atoms with E-state index in [9.17, 15) is 4.79 Å². The summed E-state index contributed by atoms with van der Waals surface area (Å²) in [7, 11) is 0. The second kappa shape index (κ2) is 7.24. The molecule has 0 fully saturated rings. The van der Waals surface area contributed by atoms with Gasteiger partial charge in [-0.25, -0.2) is 4.79 Å². The molecule has 0 saturated carbocycles. The first-order valence-corrected chi connectivity index (χ1v) is 8.68. The summed E-state index contributed by atoms with van der Waals surface area (Å²) in [6, 6.07) is 4.53. The maximum atomic E-state index is 11.0. The van der Waals surface area contributed by atoms with Crippen LogP contribution in [0.2, 0.25) is 0 Å². The summed E-state index contributed by atoms with van der Waals surface area (Å²) in [5.41, 5.74) is 10.5. The van der Waals surface area contributed by atoms with Crippen LogP contribution < -0.4 is 10.6 Å². The van der Waals surface area contributed by atoms with Crippen molar-refractivity contribution in [1.82, 2.24) is 0 Å². The van der Waals surface area contributed by atoms with Gasteiger partial charge in [-0.2, -0.15) is 0 Å². The summed E-state index contributed by atoms with van der Waals surface area (Å²) in [5, 5.41) is 0. The van der Waals surface area contributed by atoms with Crippen molar-refractivity contribution in [2.24, 2.45) is 11.1 Å². The Balaban J connectivity index is 2.35. The molecular weight excluding hydrogens is 288 g/mol. The molecule has 1 aliphatic rings. The minimum absolute atomic E-state index is 0.251. The largest absolute Gasteiger partial charge is 0.445 e. The number of fused-ring (bicyclic) bond motifs is 1. The van der Waals surface area contributed by atoms with E-state index in [0.29, 0.717) is 5.41 Å². The maximum Gasteiger partial charge on any atom is 0.404 e. The van der Waals surface area contributed by atoms with Crippen LogP contribution in [0.1, 0.15) is 57.2 Å². The standard InChI is InChI=1S/C19H30N2O2/c1-5-7-8-21(6-2)17-10-15-12-19(3,4)11-14(15)9-16(17)13-23-18(20)22/h9-10H,5-8,11-13H2,1-4H3,(H2,20,22). The molecule has 1 aliphatic carbocycles. The van der Waals surface area contributed by atoms with Crippen molar-refractivity contribution in [1.29, 1.82) is 0 Å². The predicted molar refractivity (Wildman–Crippen MR) is 94.8 cm³/mol. The number of benzene rings is 1. The maximum absolute atomic E-state index is 11.0. The Labute approximate surface area is 140 Å². The second-order valence-corrected chi connectivity index (χ2v) is 7.31. The lowest BCUT2D eigenvalue weighted by Gasteiger charge is -2.26. The number of nitrogens with zero attached hydrogens (tertiary/aromatic N) is 1. The van der Waals surface area contributed by atoms with Gasteiger partial charge in [-0.15, -0.1) is 0 Å². The number of carbonyl (C=O) groups is 1. The number of carbonyl (C=O) groups excluding carboxylic acids is 1. The molecule has 0 spiro atoms. The van der Waals surface area contributed by atoms with E-state index in [2.05, 4.69) is 44.7 Å². The first-order chi connectivity index (χ1) is 10.9. The van der Waals surface area contributed by atoms with Gasteiger partial charge >= 0.3 is 6.09 Å². The summed E-state index contributed by atoms with van der Waals surface area (Å²) in [6.45, 7) is 11.2. The van der Waals surface area contributed by atoms with Gasteiger partial charge in [-0.05, 0) is 48.8 Å². The van der Waals surface area contributed by atoms with Crippen LogP contribution in [0.4, 0.5) is 10.5 Å². The Morgan fingerprint density at radius 1 is 1.26 bits per heavy atom. The highest BCUT2D eigenvalue weighted by Gasteiger charge is 2.30. The van der Waals surface area contributed by atoms with Crippen LogP contribution in [-0.4, -0.2) is 19.2 Å². The molecule has 0 aliphatic heterocycles. The summed E-state index contributed by atoms with van der Waals surface area (Å²) in [5.74, 6) is 0. The molecule has 0 saturated heterocycles. The Bertz CT molecular complexity index is 567. The van der Waals surface area contributed by atoms with Gasteiger partial charge in [0.25, 0.3) is 0 Å². The van der Waals surface area contributed by atoms with E-state index < -0.39 is 6.09 Å². The van der Waals surface area contributed by atoms with Crippen molar-refractivity contribution >= 4 is 11.8 Å². The molecule has 128 valence electrons. The molecule has 4 nitrogen and oxygen atoms in total. The third-order valence-electron chi connectivity index (χ3n) is 4.61. The van der Waals surface area contributed by atoms with E-state index in [0.717, 1.165) is 37.9 Å². The summed E-state index contributed by atoms with van der Waals surface area (Å²) in [4.78, 5) is 13.4. The van der Waals surface area contributed by atoms with Crippen LogP contribution in [0.3, 0.4) is 0 Å². The fourth-order valence-electron chi connectivity index (χ4n) is 3.51. The van der Waals surface area contributed by atoms with Gasteiger partial charge in [-0.1, -0.05) is 33.3 Å². The first kappa shape index (κ1) is 17.6. The topological polar surface area (TPSA) is 55.6 Å². The lowest BCUT2D eigenvalue weighted by molar-refractivity contribution is 0.150. The zero-order valence-corrected chi connectivity index (χ0v) is 14.9. The number of amides is 1. The van der Waals surface area contributed by atoms with E-state index >= 15 is 0 Å². The van der Waals surface area contributed by atoms with Crippen molar-refractivity contribution in [2.75, 3.05) is 18.0 Å². The Morgan fingerprint density at radius 2 is 1.91 bits per heavy atom. The SMILES string of the molecule is CCCCN(CC)c1cc2c(cc1COC(N)=O)CC(C)(C)C2. The van der Waals surface area contributed by atoms with Crippen LogP contribution in [0.25, 0.3) is 0 Å². The number of primary amides is 1. The van der Waals surface area contributed by atoms with Gasteiger partial charge in [0.2, 0.25) is 0 Å². The highest BCUT2D eigenvalue weighted by Crippen LogP contribution is 2.39. The summed E-state index contributed by atoms with van der Waals surface area (Å²) < 4.78 is 5.09. The molecule has 1 aromatic carbocycles. The monoisotopic (exact) mass is 318 g/mol. The van der Waals surface area contributed by atoms with Crippen LogP contribution in [-0.2, 0) is 24.2 Å². The fourth-order valence-corrected chi connectivity index (χ4v) is 3.51. The molecule has 23 heavy (non-hydrogen) atoms. The fraction of sp³-hybridized carbons (Fsp3) is 0.632. The molecule has 0 unspecified atom stereocenters. The molecule has 4 heteroatoms. The van der Waals surface area contributed by atoms with E-state index in [1.54, 1.807) is 0 Å². The van der Waals surface area contributed by atoms with Crippen molar-refractivity contribution in [3.05, 3.63) is 28.8 Å². The number of nitrogens with two attached hydrogens (primary N) is 1. The summed E-state index contributed by atoms with van der Waals surface area (Å²) >= 11 is 0. The molecule has 0 radical (unpaired) electrons. The lowest BCUT2D eigenvalue weighted by Crippen LogP contribution is -2.26. The van der Waals surface area contributed by atoms with Gasteiger partial charge in [0.05, 0.1) is 0 Å². The molecule has 1 amide bonds.